The van der Waals surface area contributed by atoms with Crippen LogP contribution in [0.15, 0.2) is 62.8 Å². The van der Waals surface area contributed by atoms with Crippen LogP contribution in [0.25, 0.3) is 16.3 Å². The summed E-state index contributed by atoms with van der Waals surface area (Å²) in [5.74, 6) is 1.51. The van der Waals surface area contributed by atoms with Crippen molar-refractivity contribution in [1.82, 2.24) is 14.9 Å². The third-order valence-corrected chi connectivity index (χ3v) is 6.48. The molecular formula is C16H11N3OS4. The minimum atomic E-state index is 0.700. The van der Waals surface area contributed by atoms with Gasteiger partial charge >= 0.3 is 0 Å². The maximum Gasteiger partial charge on any atom is 0.184 e. The van der Waals surface area contributed by atoms with Crippen LogP contribution in [0, 0.1) is 3.95 Å². The highest BCUT2D eigenvalue weighted by Gasteiger charge is 2.10. The van der Waals surface area contributed by atoms with Crippen LogP contribution in [0.1, 0.15) is 5.69 Å². The van der Waals surface area contributed by atoms with Gasteiger partial charge in [0, 0.05) is 11.8 Å². The molecule has 0 aliphatic rings. The summed E-state index contributed by atoms with van der Waals surface area (Å²) in [6.07, 6.45) is 0. The van der Waals surface area contributed by atoms with Gasteiger partial charge < -0.3 is 4.52 Å². The lowest BCUT2D eigenvalue weighted by Crippen LogP contribution is -1.95. The topological polar surface area (TPSA) is 43.9 Å². The summed E-state index contributed by atoms with van der Waals surface area (Å²) in [5.41, 5.74) is 1.88. The molecule has 4 aromatic rings. The molecule has 4 rings (SSSR count). The Kier molecular flexibility index (Phi) is 4.61. The Hall–Kier alpha value is -1.74. The Morgan fingerprint density at radius 1 is 1.17 bits per heavy atom. The van der Waals surface area contributed by atoms with Crippen molar-refractivity contribution in [2.45, 2.75) is 10.1 Å². The van der Waals surface area contributed by atoms with Crippen molar-refractivity contribution < 1.29 is 4.52 Å². The van der Waals surface area contributed by atoms with Crippen molar-refractivity contribution in [2.24, 2.45) is 0 Å². The zero-order chi connectivity index (χ0) is 16.4. The van der Waals surface area contributed by atoms with E-state index in [-0.39, 0.29) is 0 Å². The molecule has 0 aliphatic carbocycles. The maximum absolute atomic E-state index is 5.42. The van der Waals surface area contributed by atoms with E-state index in [0.29, 0.717) is 5.75 Å². The molecule has 0 N–H and O–H groups in total. The number of hydrogen-bond acceptors (Lipinski definition) is 7. The average Bonchev–Trinajstić information content (AvgIpc) is 3.34. The van der Waals surface area contributed by atoms with Crippen LogP contribution in [-0.2, 0) is 5.75 Å². The normalized spacial score (nSPS) is 11.0. The van der Waals surface area contributed by atoms with Crippen molar-refractivity contribution in [1.29, 1.82) is 0 Å². The first-order valence-corrected chi connectivity index (χ1v) is 10.2. The van der Waals surface area contributed by atoms with Crippen LogP contribution < -0.4 is 0 Å². The lowest BCUT2D eigenvalue weighted by atomic mass is 10.3. The van der Waals surface area contributed by atoms with Crippen LogP contribution in [0.4, 0.5) is 0 Å². The lowest BCUT2D eigenvalue weighted by Gasteiger charge is -1.98. The first kappa shape index (κ1) is 15.8. The smallest absolute Gasteiger partial charge is 0.184 e. The number of para-hydroxylation sites is 1. The molecule has 0 unspecified atom stereocenters. The number of thioether (sulfide) groups is 1. The zero-order valence-corrected chi connectivity index (χ0v) is 15.6. The number of hydrogen-bond donors (Lipinski definition) is 0. The van der Waals surface area contributed by atoms with E-state index < -0.39 is 0 Å². The number of benzene rings is 1. The molecule has 4 nitrogen and oxygen atoms in total. The van der Waals surface area contributed by atoms with Crippen LogP contribution in [0.3, 0.4) is 0 Å². The minimum absolute atomic E-state index is 0.700. The molecule has 24 heavy (non-hydrogen) atoms. The van der Waals surface area contributed by atoms with Gasteiger partial charge in [-0.05, 0) is 35.8 Å². The Balaban J connectivity index is 1.48. The number of nitrogens with zero attached hydrogens (tertiary/aromatic N) is 3. The summed E-state index contributed by atoms with van der Waals surface area (Å²) < 4.78 is 8.85. The predicted octanol–water partition coefficient (Wildman–Crippen LogP) is 5.67. The van der Waals surface area contributed by atoms with Crippen LogP contribution >= 0.6 is 46.7 Å². The van der Waals surface area contributed by atoms with Gasteiger partial charge in [0.05, 0.1) is 16.3 Å². The quantitative estimate of drug-likeness (QED) is 0.325. The fourth-order valence-electron chi connectivity index (χ4n) is 2.10. The van der Waals surface area contributed by atoms with Gasteiger partial charge in [0.15, 0.2) is 14.1 Å². The van der Waals surface area contributed by atoms with Gasteiger partial charge in [0.2, 0.25) is 0 Å². The third kappa shape index (κ3) is 3.36. The first-order valence-electron chi connectivity index (χ1n) is 7.07. The molecule has 0 amide bonds. The molecule has 0 atom stereocenters. The third-order valence-electron chi connectivity index (χ3n) is 3.20. The molecule has 0 saturated carbocycles. The largest absolute Gasteiger partial charge is 0.355 e. The standard InChI is InChI=1S/C16H11N3OS4/c21-16-19(12-5-2-1-3-6-12)17-15(24-16)23-10-11-9-13(20-18-11)14-7-4-8-22-14/h1-9H,10H2. The Labute approximate surface area is 155 Å². The monoisotopic (exact) mass is 389 g/mol. The van der Waals surface area contributed by atoms with Crippen molar-refractivity contribution in [2.75, 3.05) is 0 Å². The van der Waals surface area contributed by atoms with Crippen molar-refractivity contribution >= 4 is 46.7 Å². The second-order valence-corrected chi connectivity index (χ2v) is 8.62. The van der Waals surface area contributed by atoms with Gasteiger partial charge in [-0.3, -0.25) is 0 Å². The Bertz CT molecular complexity index is 986. The maximum atomic E-state index is 5.42. The van der Waals surface area contributed by atoms with Crippen LogP contribution in [0.2, 0.25) is 0 Å². The first-order chi connectivity index (χ1) is 11.8. The van der Waals surface area contributed by atoms with E-state index in [4.69, 9.17) is 16.7 Å². The molecule has 3 aromatic heterocycles. The molecular weight excluding hydrogens is 378 g/mol. The summed E-state index contributed by atoms with van der Waals surface area (Å²) in [4.78, 5) is 1.09. The van der Waals surface area contributed by atoms with E-state index in [0.717, 1.165) is 30.3 Å². The van der Waals surface area contributed by atoms with Gasteiger partial charge in [-0.1, -0.05) is 52.5 Å². The fraction of sp³-hybridized carbons (Fsp3) is 0.0625. The molecule has 0 radical (unpaired) electrons. The summed E-state index contributed by atoms with van der Waals surface area (Å²) in [7, 11) is 0. The van der Waals surface area contributed by atoms with Gasteiger partial charge in [-0.25, -0.2) is 4.68 Å². The lowest BCUT2D eigenvalue weighted by molar-refractivity contribution is 0.427. The van der Waals surface area contributed by atoms with E-state index in [1.54, 1.807) is 27.8 Å². The number of aromatic nitrogens is 3. The predicted molar refractivity (Wildman–Crippen MR) is 102 cm³/mol. The fourth-order valence-corrected chi connectivity index (χ4v) is 5.02. The van der Waals surface area contributed by atoms with Crippen molar-refractivity contribution in [3.05, 3.63) is 63.6 Å². The van der Waals surface area contributed by atoms with E-state index >= 15 is 0 Å². The number of rotatable bonds is 5. The summed E-state index contributed by atoms with van der Waals surface area (Å²) in [6.45, 7) is 0. The molecule has 0 aliphatic heterocycles. The van der Waals surface area contributed by atoms with Gasteiger partial charge in [-0.15, -0.1) is 16.4 Å². The van der Waals surface area contributed by atoms with Gasteiger partial charge in [0.25, 0.3) is 0 Å². The summed E-state index contributed by atoms with van der Waals surface area (Å²) >= 11 is 10.2. The van der Waals surface area contributed by atoms with Crippen molar-refractivity contribution in [3.8, 4) is 16.3 Å². The van der Waals surface area contributed by atoms with Crippen LogP contribution in [0.5, 0.6) is 0 Å². The number of thiophene rings is 1. The second kappa shape index (κ2) is 7.02. The molecule has 0 saturated heterocycles. The zero-order valence-electron chi connectivity index (χ0n) is 12.3. The Morgan fingerprint density at radius 2 is 2.04 bits per heavy atom. The molecule has 8 heteroatoms. The van der Waals surface area contributed by atoms with E-state index in [9.17, 15) is 0 Å². The SMILES string of the molecule is S=c1sc(SCc2cc(-c3cccs3)on2)nn1-c1ccccc1. The molecule has 0 spiro atoms. The molecule has 0 bridgehead atoms. The second-order valence-electron chi connectivity index (χ2n) is 4.83. The molecule has 0 fully saturated rings. The average molecular weight is 390 g/mol. The van der Waals surface area contributed by atoms with Gasteiger partial charge in [0.1, 0.15) is 0 Å². The summed E-state index contributed by atoms with van der Waals surface area (Å²) in [5, 5.41) is 10.7. The van der Waals surface area contributed by atoms with E-state index in [1.807, 2.05) is 53.9 Å². The summed E-state index contributed by atoms with van der Waals surface area (Å²) in [6, 6.07) is 15.9. The highest BCUT2D eigenvalue weighted by atomic mass is 32.2. The highest BCUT2D eigenvalue weighted by Crippen LogP contribution is 2.30. The van der Waals surface area contributed by atoms with Crippen LogP contribution in [-0.4, -0.2) is 14.9 Å². The van der Waals surface area contributed by atoms with E-state index in [1.165, 1.54) is 11.3 Å². The minimum Gasteiger partial charge on any atom is -0.355 e. The van der Waals surface area contributed by atoms with Gasteiger partial charge in [-0.2, -0.15) is 0 Å². The Morgan fingerprint density at radius 3 is 2.83 bits per heavy atom. The van der Waals surface area contributed by atoms with Crippen molar-refractivity contribution in [3.63, 3.8) is 0 Å². The highest BCUT2D eigenvalue weighted by molar-refractivity contribution is 8.00. The molecule has 120 valence electrons. The van der Waals surface area contributed by atoms with E-state index in [2.05, 4.69) is 10.3 Å². The molecule has 1 aromatic carbocycles. The molecule has 3 heterocycles.